The largest absolute Gasteiger partial charge is 0.480 e. The lowest BCUT2D eigenvalue weighted by atomic mass is 9.78. The molecule has 3 saturated heterocycles. The summed E-state index contributed by atoms with van der Waals surface area (Å²) in [4.78, 5) is 92.7. The minimum Gasteiger partial charge on any atom is -0.480 e. The molecule has 6 rings (SSSR count). The number of aliphatic carboxylic acids is 1. The number of carboxylic acid groups (broad SMARTS) is 1. The van der Waals surface area contributed by atoms with Gasteiger partial charge in [-0.1, -0.05) is 6.07 Å². The Morgan fingerprint density at radius 3 is 2.33 bits per heavy atom. The Bertz CT molecular complexity index is 1820. The van der Waals surface area contributed by atoms with Gasteiger partial charge in [0.05, 0.1) is 17.6 Å². The van der Waals surface area contributed by atoms with Crippen LogP contribution < -0.4 is 16.3 Å². The predicted molar refractivity (Wildman–Crippen MR) is 188 cm³/mol. The van der Waals surface area contributed by atoms with E-state index in [1.807, 2.05) is 18.2 Å². The molecule has 15 heteroatoms. The van der Waals surface area contributed by atoms with Gasteiger partial charge < -0.3 is 25.0 Å². The van der Waals surface area contributed by atoms with E-state index in [-0.39, 0.29) is 48.9 Å². The number of fused-ring (bicyclic) bond motifs is 2. The average molecular weight is 723 g/mol. The zero-order chi connectivity index (χ0) is 37.5. The number of piperidine rings is 1. The fourth-order valence-corrected chi connectivity index (χ4v) is 8.52. The number of rotatable bonds is 7. The van der Waals surface area contributed by atoms with Crippen LogP contribution in [0.25, 0.3) is 11.0 Å². The van der Waals surface area contributed by atoms with Gasteiger partial charge in [0.25, 0.3) is 0 Å². The highest BCUT2D eigenvalue weighted by molar-refractivity contribution is 6.00. The van der Waals surface area contributed by atoms with Gasteiger partial charge in [0.15, 0.2) is 0 Å². The number of carbonyl (C=O) groups is 6. The molecule has 4 heterocycles. The second kappa shape index (κ2) is 14.7. The molecule has 1 saturated carbocycles. The fraction of sp³-hybridized carbons (Fsp3) is 0.649. The number of hydrogen-bond donors (Lipinski definition) is 3. The van der Waals surface area contributed by atoms with Gasteiger partial charge in [-0.15, -0.1) is 0 Å². The normalized spacial score (nSPS) is 27.1. The van der Waals surface area contributed by atoms with E-state index in [1.54, 1.807) is 37.3 Å². The molecule has 0 spiro atoms. The average Bonchev–Trinajstić information content (AvgIpc) is 3.60. The number of alkyl carbamates (subject to hydrolysis) is 1. The number of carbonyl (C=O) groups excluding carboxylic acids is 5. The Morgan fingerprint density at radius 2 is 1.65 bits per heavy atom. The quantitative estimate of drug-likeness (QED) is 0.361. The van der Waals surface area contributed by atoms with Crippen LogP contribution in [-0.2, 0) is 42.2 Å². The highest BCUT2D eigenvalue weighted by Gasteiger charge is 2.46. The smallest absolute Gasteiger partial charge is 0.408 e. The summed E-state index contributed by atoms with van der Waals surface area (Å²) < 4.78 is 8.43. The maximum Gasteiger partial charge on any atom is 0.408 e. The molecule has 2 aromatic rings. The van der Waals surface area contributed by atoms with Gasteiger partial charge in [0, 0.05) is 32.5 Å². The van der Waals surface area contributed by atoms with Crippen LogP contribution >= 0.6 is 0 Å². The molecule has 52 heavy (non-hydrogen) atoms. The molecule has 1 aliphatic carbocycles. The number of nitrogens with zero attached hydrogens (tertiary/aromatic N) is 4. The van der Waals surface area contributed by atoms with Crippen molar-refractivity contribution < 1.29 is 38.6 Å². The van der Waals surface area contributed by atoms with E-state index in [4.69, 9.17) is 4.74 Å². The lowest BCUT2D eigenvalue weighted by Gasteiger charge is -2.39. The first kappa shape index (κ1) is 37.1. The summed E-state index contributed by atoms with van der Waals surface area (Å²) in [6.07, 6.45) is 5.72. The molecule has 3 unspecified atom stereocenters. The first-order valence-corrected chi connectivity index (χ1v) is 18.5. The van der Waals surface area contributed by atoms with E-state index < -0.39 is 47.6 Å². The van der Waals surface area contributed by atoms with Gasteiger partial charge in [-0.05, 0) is 108 Å². The van der Waals surface area contributed by atoms with E-state index in [1.165, 1.54) is 9.47 Å². The van der Waals surface area contributed by atoms with Crippen LogP contribution in [0, 0.1) is 11.8 Å². The SMILES string of the molecule is Cn1c(=O)n(C2CCC(=O)NC2=O)c2ccc(CC3CCC(CC(=O)N4CC[C@H]5CCC(C(=O)O)N5C(=O)C(NC(=O)OC(C)(C)C)C4)CC3)cc21. The Labute approximate surface area is 302 Å². The fourth-order valence-electron chi connectivity index (χ4n) is 8.52. The Kier molecular flexibility index (Phi) is 10.5. The van der Waals surface area contributed by atoms with Crippen molar-refractivity contribution >= 4 is 46.7 Å². The topological polar surface area (TPSA) is 189 Å². The summed E-state index contributed by atoms with van der Waals surface area (Å²) in [6.45, 7) is 5.42. The number of benzene rings is 1. The molecule has 5 amide bonds. The zero-order valence-corrected chi connectivity index (χ0v) is 30.4. The molecule has 4 atom stereocenters. The van der Waals surface area contributed by atoms with Gasteiger partial charge in [-0.2, -0.15) is 0 Å². The minimum absolute atomic E-state index is 0.0575. The molecule has 4 fully saturated rings. The number of carboxylic acids is 1. The first-order valence-electron chi connectivity index (χ1n) is 18.5. The van der Waals surface area contributed by atoms with Crippen molar-refractivity contribution in [3.8, 4) is 0 Å². The highest BCUT2D eigenvalue weighted by atomic mass is 16.6. The molecule has 15 nitrogen and oxygen atoms in total. The molecule has 0 bridgehead atoms. The number of aromatic nitrogens is 2. The van der Waals surface area contributed by atoms with Crippen LogP contribution in [0.2, 0.25) is 0 Å². The van der Waals surface area contributed by atoms with Gasteiger partial charge in [0.1, 0.15) is 23.7 Å². The summed E-state index contributed by atoms with van der Waals surface area (Å²) in [5.74, 6) is -1.89. The lowest BCUT2D eigenvalue weighted by Crippen LogP contribution is -2.60. The van der Waals surface area contributed by atoms with Gasteiger partial charge >= 0.3 is 17.8 Å². The lowest BCUT2D eigenvalue weighted by molar-refractivity contribution is -0.152. The van der Waals surface area contributed by atoms with Crippen LogP contribution in [0.15, 0.2) is 23.0 Å². The maximum atomic E-state index is 13.8. The molecule has 0 radical (unpaired) electrons. The number of amides is 5. The molecule has 282 valence electrons. The number of aryl methyl sites for hydroxylation is 1. The molecule has 3 aliphatic heterocycles. The van der Waals surface area contributed by atoms with Crippen LogP contribution in [0.5, 0.6) is 0 Å². The summed E-state index contributed by atoms with van der Waals surface area (Å²) >= 11 is 0. The maximum absolute atomic E-state index is 13.8. The Hall–Kier alpha value is -4.69. The Morgan fingerprint density at radius 1 is 0.942 bits per heavy atom. The van der Waals surface area contributed by atoms with Crippen molar-refractivity contribution in [3.05, 3.63) is 34.2 Å². The third kappa shape index (κ3) is 7.87. The second-order valence-electron chi connectivity index (χ2n) is 16.0. The summed E-state index contributed by atoms with van der Waals surface area (Å²) in [7, 11) is 1.69. The molecule has 3 N–H and O–H groups in total. The van der Waals surface area contributed by atoms with Crippen molar-refractivity contribution in [2.24, 2.45) is 18.9 Å². The Balaban J connectivity index is 1.07. The van der Waals surface area contributed by atoms with Crippen LogP contribution in [-0.4, -0.2) is 96.5 Å². The standard InChI is InChI=1S/C37H50N6O9/c1-37(2,3)52-35(50)38-25-20-41(16-15-24-10-12-28(34(48)49)42(24)33(25)47)31(45)19-22-7-5-21(6-8-22)17-23-9-11-26-29(18-23)40(4)36(51)43(26)27-13-14-30(44)39-32(27)46/h9,11,18,21-22,24-25,27-28H,5-8,10,12-17,19-20H2,1-4H3,(H,38,50)(H,48,49)(H,39,44,46)/t21?,22?,24-,25?,27?,28?/m1/s1. The van der Waals surface area contributed by atoms with Crippen molar-refractivity contribution in [1.29, 1.82) is 0 Å². The number of imidazole rings is 1. The van der Waals surface area contributed by atoms with Crippen LogP contribution in [0.3, 0.4) is 0 Å². The van der Waals surface area contributed by atoms with Crippen LogP contribution in [0.1, 0.15) is 96.6 Å². The van der Waals surface area contributed by atoms with Crippen molar-refractivity contribution in [3.63, 3.8) is 0 Å². The monoisotopic (exact) mass is 722 g/mol. The summed E-state index contributed by atoms with van der Waals surface area (Å²) in [6, 6.07) is 2.72. The van der Waals surface area contributed by atoms with Gasteiger partial charge in [0.2, 0.25) is 23.6 Å². The van der Waals surface area contributed by atoms with Gasteiger partial charge in [-0.25, -0.2) is 14.4 Å². The van der Waals surface area contributed by atoms with Crippen molar-refractivity contribution in [1.82, 2.24) is 29.6 Å². The van der Waals surface area contributed by atoms with Gasteiger partial charge in [-0.3, -0.25) is 33.6 Å². The number of imide groups is 1. The van der Waals surface area contributed by atoms with E-state index in [0.29, 0.717) is 43.7 Å². The first-order chi connectivity index (χ1) is 24.6. The number of nitrogens with one attached hydrogen (secondary N) is 2. The second-order valence-corrected chi connectivity index (χ2v) is 16.0. The minimum atomic E-state index is -1.13. The van der Waals surface area contributed by atoms with Crippen molar-refractivity contribution in [2.75, 3.05) is 13.1 Å². The number of ether oxygens (including phenoxy) is 1. The predicted octanol–water partition coefficient (Wildman–Crippen LogP) is 2.63. The molecule has 1 aromatic heterocycles. The van der Waals surface area contributed by atoms with Crippen molar-refractivity contribution in [2.45, 2.75) is 121 Å². The third-order valence-corrected chi connectivity index (χ3v) is 11.1. The van der Waals surface area contributed by atoms with E-state index in [9.17, 15) is 38.7 Å². The molecule has 1 aromatic carbocycles. The number of hydrogen-bond acceptors (Lipinski definition) is 8. The molecular formula is C37H50N6O9. The summed E-state index contributed by atoms with van der Waals surface area (Å²) in [5, 5.41) is 14.8. The van der Waals surface area contributed by atoms with E-state index in [2.05, 4.69) is 10.6 Å². The summed E-state index contributed by atoms with van der Waals surface area (Å²) in [5.41, 5.74) is 1.37. The van der Waals surface area contributed by atoms with E-state index in [0.717, 1.165) is 43.2 Å². The van der Waals surface area contributed by atoms with Crippen LogP contribution in [0.4, 0.5) is 4.79 Å². The third-order valence-electron chi connectivity index (χ3n) is 11.1. The van der Waals surface area contributed by atoms with E-state index >= 15 is 0 Å². The molecular weight excluding hydrogens is 672 g/mol. The zero-order valence-electron chi connectivity index (χ0n) is 30.4. The highest BCUT2D eigenvalue weighted by Crippen LogP contribution is 2.35. The molecule has 4 aliphatic rings.